The van der Waals surface area contributed by atoms with Gasteiger partial charge < -0.3 is 20.1 Å². The Labute approximate surface area is 121 Å². The third-order valence-corrected chi connectivity index (χ3v) is 3.33. The zero-order valence-corrected chi connectivity index (χ0v) is 13.3. The van der Waals surface area contributed by atoms with Gasteiger partial charge in [0.1, 0.15) is 5.82 Å². The SMILES string of the molecule is COCCNCc1c(C)nn(C)c1N(CCO)C(C)C. The molecule has 1 heterocycles. The molecule has 0 aliphatic rings. The molecule has 0 saturated carbocycles. The Morgan fingerprint density at radius 3 is 2.70 bits per heavy atom. The Balaban J connectivity index is 2.92. The highest BCUT2D eigenvalue weighted by atomic mass is 16.5. The van der Waals surface area contributed by atoms with E-state index in [1.54, 1.807) is 7.11 Å². The quantitative estimate of drug-likeness (QED) is 0.653. The van der Waals surface area contributed by atoms with E-state index in [4.69, 9.17) is 4.74 Å². The van der Waals surface area contributed by atoms with Crippen molar-refractivity contribution in [1.29, 1.82) is 0 Å². The number of ether oxygens (including phenoxy) is 1. The Morgan fingerprint density at radius 1 is 1.45 bits per heavy atom. The molecule has 0 amide bonds. The number of rotatable bonds is 9. The van der Waals surface area contributed by atoms with Crippen LogP contribution in [-0.2, 0) is 18.3 Å². The van der Waals surface area contributed by atoms with Crippen molar-refractivity contribution in [2.24, 2.45) is 7.05 Å². The topological polar surface area (TPSA) is 62.5 Å². The van der Waals surface area contributed by atoms with Crippen LogP contribution in [0.15, 0.2) is 0 Å². The van der Waals surface area contributed by atoms with Gasteiger partial charge in [-0.1, -0.05) is 0 Å². The maximum Gasteiger partial charge on any atom is 0.131 e. The van der Waals surface area contributed by atoms with Gasteiger partial charge in [0.05, 0.1) is 18.9 Å². The number of methoxy groups -OCH3 is 1. The summed E-state index contributed by atoms with van der Waals surface area (Å²) in [5.74, 6) is 1.08. The molecule has 2 N–H and O–H groups in total. The number of aromatic nitrogens is 2. The predicted octanol–water partition coefficient (Wildman–Crippen LogP) is 0.672. The maximum absolute atomic E-state index is 9.28. The predicted molar refractivity (Wildman–Crippen MR) is 81.1 cm³/mol. The second-order valence-electron chi connectivity index (χ2n) is 5.19. The smallest absolute Gasteiger partial charge is 0.131 e. The lowest BCUT2D eigenvalue weighted by atomic mass is 10.2. The summed E-state index contributed by atoms with van der Waals surface area (Å²) in [6.07, 6.45) is 0. The van der Waals surface area contributed by atoms with E-state index in [0.29, 0.717) is 19.2 Å². The van der Waals surface area contributed by atoms with Crippen LogP contribution < -0.4 is 10.2 Å². The molecule has 1 aromatic heterocycles. The average Bonchev–Trinajstić information content (AvgIpc) is 2.66. The molecular weight excluding hydrogens is 256 g/mol. The lowest BCUT2D eigenvalue weighted by molar-refractivity contribution is 0.199. The van der Waals surface area contributed by atoms with Gasteiger partial charge >= 0.3 is 0 Å². The van der Waals surface area contributed by atoms with Crippen LogP contribution in [0.4, 0.5) is 5.82 Å². The molecule has 6 heteroatoms. The number of nitrogens with zero attached hydrogens (tertiary/aromatic N) is 3. The van der Waals surface area contributed by atoms with Gasteiger partial charge in [-0.25, -0.2) is 0 Å². The minimum atomic E-state index is 0.138. The molecule has 0 saturated heterocycles. The maximum atomic E-state index is 9.28. The minimum absolute atomic E-state index is 0.138. The lowest BCUT2D eigenvalue weighted by Gasteiger charge is -2.29. The summed E-state index contributed by atoms with van der Waals surface area (Å²) in [4.78, 5) is 2.19. The number of hydrogen-bond donors (Lipinski definition) is 2. The number of hydrogen-bond acceptors (Lipinski definition) is 5. The number of aliphatic hydroxyl groups is 1. The summed E-state index contributed by atoms with van der Waals surface area (Å²) in [5.41, 5.74) is 2.21. The number of nitrogens with one attached hydrogen (secondary N) is 1. The number of anilines is 1. The summed E-state index contributed by atoms with van der Waals surface area (Å²) >= 11 is 0. The first-order valence-electron chi connectivity index (χ1n) is 7.12. The second kappa shape index (κ2) is 8.24. The first kappa shape index (κ1) is 16.9. The Hall–Kier alpha value is -1.11. The molecule has 1 rings (SSSR count). The van der Waals surface area contributed by atoms with Gasteiger partial charge in [-0.2, -0.15) is 5.10 Å². The molecular formula is C14H28N4O2. The van der Waals surface area contributed by atoms with E-state index in [-0.39, 0.29) is 6.61 Å². The van der Waals surface area contributed by atoms with E-state index in [9.17, 15) is 5.11 Å². The van der Waals surface area contributed by atoms with E-state index < -0.39 is 0 Å². The molecule has 0 spiro atoms. The van der Waals surface area contributed by atoms with Crippen molar-refractivity contribution in [1.82, 2.24) is 15.1 Å². The van der Waals surface area contributed by atoms with Crippen LogP contribution in [0.2, 0.25) is 0 Å². The standard InChI is InChI=1S/C14H28N4O2/c1-11(2)18(7-8-19)14-13(10-15-6-9-20-5)12(3)16-17(14)4/h11,15,19H,6-10H2,1-5H3. The van der Waals surface area contributed by atoms with E-state index in [0.717, 1.165) is 24.6 Å². The molecule has 6 nitrogen and oxygen atoms in total. The zero-order valence-electron chi connectivity index (χ0n) is 13.3. The summed E-state index contributed by atoms with van der Waals surface area (Å²) in [5, 5.41) is 17.2. The third-order valence-electron chi connectivity index (χ3n) is 3.33. The highest BCUT2D eigenvalue weighted by molar-refractivity contribution is 5.51. The first-order chi connectivity index (χ1) is 9.52. The number of aryl methyl sites for hydroxylation is 2. The summed E-state index contributed by atoms with van der Waals surface area (Å²) in [7, 11) is 3.65. The van der Waals surface area contributed by atoms with Crippen LogP contribution in [0.3, 0.4) is 0 Å². The number of aliphatic hydroxyl groups excluding tert-OH is 1. The van der Waals surface area contributed by atoms with Crippen LogP contribution in [0, 0.1) is 6.92 Å². The fourth-order valence-corrected chi connectivity index (χ4v) is 2.36. The molecule has 0 bridgehead atoms. The largest absolute Gasteiger partial charge is 0.395 e. The van der Waals surface area contributed by atoms with E-state index in [1.165, 1.54) is 5.56 Å². The van der Waals surface area contributed by atoms with Crippen molar-refractivity contribution in [2.75, 3.05) is 38.3 Å². The fraction of sp³-hybridized carbons (Fsp3) is 0.786. The minimum Gasteiger partial charge on any atom is -0.395 e. The highest BCUT2D eigenvalue weighted by Gasteiger charge is 2.20. The highest BCUT2D eigenvalue weighted by Crippen LogP contribution is 2.24. The molecule has 0 aliphatic carbocycles. The second-order valence-corrected chi connectivity index (χ2v) is 5.19. The first-order valence-corrected chi connectivity index (χ1v) is 7.12. The Bertz CT molecular complexity index is 404. The van der Waals surface area contributed by atoms with E-state index in [1.807, 2.05) is 18.7 Å². The zero-order chi connectivity index (χ0) is 15.1. The van der Waals surface area contributed by atoms with Crippen LogP contribution in [0.25, 0.3) is 0 Å². The Kier molecular flexibility index (Phi) is 6.98. The van der Waals surface area contributed by atoms with Gasteiger partial charge in [0, 0.05) is 45.4 Å². The van der Waals surface area contributed by atoms with Gasteiger partial charge in [-0.05, 0) is 20.8 Å². The molecule has 0 aromatic carbocycles. The van der Waals surface area contributed by atoms with Gasteiger partial charge in [0.2, 0.25) is 0 Å². The van der Waals surface area contributed by atoms with Gasteiger partial charge in [0.25, 0.3) is 0 Å². The van der Waals surface area contributed by atoms with Gasteiger partial charge in [-0.15, -0.1) is 0 Å². The normalized spacial score (nSPS) is 11.3. The molecule has 0 radical (unpaired) electrons. The molecule has 1 aromatic rings. The van der Waals surface area contributed by atoms with Gasteiger partial charge in [-0.3, -0.25) is 4.68 Å². The monoisotopic (exact) mass is 284 g/mol. The Morgan fingerprint density at radius 2 is 2.15 bits per heavy atom. The fourth-order valence-electron chi connectivity index (χ4n) is 2.36. The van der Waals surface area contributed by atoms with E-state index >= 15 is 0 Å². The average molecular weight is 284 g/mol. The van der Waals surface area contributed by atoms with Crippen molar-refractivity contribution in [3.8, 4) is 0 Å². The summed E-state index contributed by atoms with van der Waals surface area (Å²) < 4.78 is 6.94. The molecule has 0 unspecified atom stereocenters. The molecule has 20 heavy (non-hydrogen) atoms. The van der Waals surface area contributed by atoms with Crippen LogP contribution in [0.1, 0.15) is 25.1 Å². The molecule has 0 fully saturated rings. The van der Waals surface area contributed by atoms with Crippen molar-refractivity contribution in [3.05, 3.63) is 11.3 Å². The molecule has 116 valence electrons. The molecule has 0 atom stereocenters. The summed E-state index contributed by atoms with van der Waals surface area (Å²) in [6, 6.07) is 0.315. The van der Waals surface area contributed by atoms with Crippen molar-refractivity contribution >= 4 is 5.82 Å². The van der Waals surface area contributed by atoms with Gasteiger partial charge in [0.15, 0.2) is 0 Å². The van der Waals surface area contributed by atoms with E-state index in [2.05, 4.69) is 29.2 Å². The third kappa shape index (κ3) is 4.19. The van der Waals surface area contributed by atoms with Crippen LogP contribution >= 0.6 is 0 Å². The van der Waals surface area contributed by atoms with Crippen LogP contribution in [0.5, 0.6) is 0 Å². The summed E-state index contributed by atoms with van der Waals surface area (Å²) in [6.45, 7) is 9.29. The molecule has 0 aliphatic heterocycles. The van der Waals surface area contributed by atoms with Crippen molar-refractivity contribution in [2.45, 2.75) is 33.4 Å². The van der Waals surface area contributed by atoms with Crippen molar-refractivity contribution < 1.29 is 9.84 Å². The lowest BCUT2D eigenvalue weighted by Crippen LogP contribution is -2.36. The van der Waals surface area contributed by atoms with Crippen LogP contribution in [-0.4, -0.2) is 54.3 Å². The van der Waals surface area contributed by atoms with Crippen molar-refractivity contribution in [3.63, 3.8) is 0 Å².